The maximum atomic E-state index is 13.2. The monoisotopic (exact) mass is 554 g/mol. The largest absolute Gasteiger partial charge is 0.465 e. The van der Waals surface area contributed by atoms with Gasteiger partial charge in [0.2, 0.25) is 0 Å². The van der Waals surface area contributed by atoms with E-state index in [2.05, 4.69) is 74.9 Å². The van der Waals surface area contributed by atoms with Crippen molar-refractivity contribution in [2.24, 2.45) is 7.05 Å². The van der Waals surface area contributed by atoms with E-state index in [1.807, 2.05) is 49.4 Å². The predicted octanol–water partition coefficient (Wildman–Crippen LogP) is 5.37. The van der Waals surface area contributed by atoms with Crippen LogP contribution in [0.15, 0.2) is 65.6 Å². The number of imidazole rings is 1. The lowest BCUT2D eigenvalue weighted by molar-refractivity contribution is -0.900. The van der Waals surface area contributed by atoms with E-state index in [1.165, 1.54) is 22.0 Å². The molecule has 8 heteroatoms. The van der Waals surface area contributed by atoms with Crippen LogP contribution in [0, 0.1) is 13.8 Å². The highest BCUT2D eigenvalue weighted by Gasteiger charge is 2.26. The molecule has 2 aromatic carbocycles. The van der Waals surface area contributed by atoms with Crippen molar-refractivity contribution in [3.05, 3.63) is 99.2 Å². The molecule has 2 atom stereocenters. The molecule has 5 aromatic rings. The summed E-state index contributed by atoms with van der Waals surface area (Å²) in [7, 11) is 8.74. The first-order valence-corrected chi connectivity index (χ1v) is 14.1. The second-order valence-corrected chi connectivity index (χ2v) is 12.0. The molecule has 1 N–H and O–H groups in total. The van der Waals surface area contributed by atoms with Crippen LogP contribution < -0.4 is 5.69 Å². The van der Waals surface area contributed by atoms with E-state index in [0.717, 1.165) is 21.3 Å². The molecule has 0 spiro atoms. The average molecular weight is 555 g/mol. The highest BCUT2D eigenvalue weighted by atomic mass is 16.5. The number of quaternary nitrogens is 1. The third-order valence-corrected chi connectivity index (χ3v) is 8.20. The molecule has 214 valence electrons. The number of esters is 1. The summed E-state index contributed by atoms with van der Waals surface area (Å²) in [5.74, 6) is -0.358. The molecule has 5 rings (SSSR count). The Morgan fingerprint density at radius 2 is 1.80 bits per heavy atom. The van der Waals surface area contributed by atoms with Gasteiger partial charge in [-0.15, -0.1) is 0 Å². The van der Waals surface area contributed by atoms with Crippen molar-refractivity contribution in [1.29, 1.82) is 0 Å². The number of rotatable bonds is 9. The Balaban J connectivity index is 1.34. The van der Waals surface area contributed by atoms with Crippen LogP contribution in [0.4, 0.5) is 0 Å². The summed E-state index contributed by atoms with van der Waals surface area (Å²) in [5, 5.41) is 1.30. The number of aromatic amines is 1. The zero-order chi connectivity index (χ0) is 29.5. The number of carbonyl (C=O) groups excluding carboxylic acids is 1. The summed E-state index contributed by atoms with van der Waals surface area (Å²) in [5.41, 5.74) is 7.39. The van der Waals surface area contributed by atoms with Crippen molar-refractivity contribution in [2.75, 3.05) is 27.7 Å². The minimum absolute atomic E-state index is 0.0225. The van der Waals surface area contributed by atoms with Crippen molar-refractivity contribution < 1.29 is 14.0 Å². The minimum Gasteiger partial charge on any atom is -0.465 e. The van der Waals surface area contributed by atoms with Crippen molar-refractivity contribution in [2.45, 2.75) is 45.7 Å². The zero-order valence-electron chi connectivity index (χ0n) is 25.1. The number of pyridine rings is 1. The molecule has 0 aliphatic rings. The van der Waals surface area contributed by atoms with Gasteiger partial charge < -0.3 is 18.8 Å². The van der Waals surface area contributed by atoms with Gasteiger partial charge in [0.05, 0.1) is 45.7 Å². The first kappa shape index (κ1) is 28.4. The summed E-state index contributed by atoms with van der Waals surface area (Å²) >= 11 is 0. The summed E-state index contributed by atoms with van der Waals surface area (Å²) in [4.78, 5) is 33.6. The van der Waals surface area contributed by atoms with E-state index in [-0.39, 0.29) is 24.7 Å². The van der Waals surface area contributed by atoms with Crippen LogP contribution in [0.3, 0.4) is 0 Å². The summed E-state index contributed by atoms with van der Waals surface area (Å²) in [6, 6.07) is 17.5. The quantitative estimate of drug-likeness (QED) is 0.196. The molecule has 0 aliphatic carbocycles. The molecule has 0 saturated heterocycles. The summed E-state index contributed by atoms with van der Waals surface area (Å²) in [6.45, 7) is 6.57. The highest BCUT2D eigenvalue weighted by molar-refractivity contribution is 5.88. The number of fused-ring (bicyclic) bond motifs is 2. The molecular formula is C33H40N5O3+. The Morgan fingerprint density at radius 1 is 1.07 bits per heavy atom. The molecule has 0 saturated carbocycles. The van der Waals surface area contributed by atoms with E-state index in [9.17, 15) is 9.59 Å². The highest BCUT2D eigenvalue weighted by Crippen LogP contribution is 2.34. The zero-order valence-corrected chi connectivity index (χ0v) is 25.1. The molecule has 3 aromatic heterocycles. The van der Waals surface area contributed by atoms with Crippen LogP contribution in [0.25, 0.3) is 22.1 Å². The predicted molar refractivity (Wildman–Crippen MR) is 163 cm³/mol. The first-order chi connectivity index (χ1) is 19.4. The lowest BCUT2D eigenvalue weighted by Crippen LogP contribution is -2.37. The third kappa shape index (κ3) is 5.70. The SMILES string of the molecule is Cc1ccc2[nH]c(=O)n(C(CC(=O)OCCc3cc(C)c4c(C(C)[N+](C)(C)C)cn(C)c4c3)c3ccccc3)c2n1. The molecule has 3 heterocycles. The van der Waals surface area contributed by atoms with Gasteiger partial charge in [-0.05, 0) is 55.7 Å². The van der Waals surface area contributed by atoms with Crippen molar-refractivity contribution in [1.82, 2.24) is 19.1 Å². The Labute approximate surface area is 240 Å². The maximum Gasteiger partial charge on any atom is 0.328 e. The first-order valence-electron chi connectivity index (χ1n) is 14.1. The molecule has 41 heavy (non-hydrogen) atoms. The van der Waals surface area contributed by atoms with Crippen molar-refractivity contribution in [3.8, 4) is 0 Å². The number of aryl methyl sites for hydroxylation is 3. The fourth-order valence-corrected chi connectivity index (χ4v) is 5.63. The maximum absolute atomic E-state index is 13.2. The van der Waals surface area contributed by atoms with Gasteiger partial charge in [0.15, 0.2) is 5.65 Å². The number of ether oxygens (including phenoxy) is 1. The number of nitrogens with one attached hydrogen (secondary N) is 1. The van der Waals surface area contributed by atoms with Gasteiger partial charge in [-0.2, -0.15) is 0 Å². The van der Waals surface area contributed by atoms with E-state index >= 15 is 0 Å². The van der Waals surface area contributed by atoms with Crippen molar-refractivity contribution >= 4 is 28.0 Å². The number of H-pyrrole nitrogens is 1. The number of carbonyl (C=O) groups is 1. The Bertz CT molecular complexity index is 1770. The summed E-state index contributed by atoms with van der Waals surface area (Å²) in [6.07, 6.45) is 2.87. The Morgan fingerprint density at radius 3 is 2.51 bits per heavy atom. The number of nitrogens with zero attached hydrogens (tertiary/aromatic N) is 4. The van der Waals surface area contributed by atoms with Gasteiger partial charge in [0.25, 0.3) is 0 Å². The molecule has 2 unspecified atom stereocenters. The van der Waals surface area contributed by atoms with Gasteiger partial charge in [-0.3, -0.25) is 9.36 Å². The van der Waals surface area contributed by atoms with E-state index < -0.39 is 6.04 Å². The minimum atomic E-state index is -0.539. The van der Waals surface area contributed by atoms with Gasteiger partial charge in [0.1, 0.15) is 6.04 Å². The third-order valence-electron chi connectivity index (χ3n) is 8.20. The lowest BCUT2D eigenvalue weighted by Gasteiger charge is -2.31. The number of aromatic nitrogens is 4. The van der Waals surface area contributed by atoms with Crippen LogP contribution in [-0.4, -0.2) is 57.3 Å². The topological polar surface area (TPSA) is 81.9 Å². The number of benzene rings is 2. The number of hydrogen-bond donors (Lipinski definition) is 1. The molecule has 0 fully saturated rings. The van der Waals surface area contributed by atoms with Crippen molar-refractivity contribution in [3.63, 3.8) is 0 Å². The van der Waals surface area contributed by atoms with Crippen LogP contribution in [0.2, 0.25) is 0 Å². The molecule has 0 radical (unpaired) electrons. The Hall–Kier alpha value is -4.17. The van der Waals surface area contributed by atoms with Crippen LogP contribution in [0.1, 0.15) is 53.4 Å². The summed E-state index contributed by atoms with van der Waals surface area (Å²) < 4.78 is 10.4. The van der Waals surface area contributed by atoms with Gasteiger partial charge >= 0.3 is 11.7 Å². The molecular weight excluding hydrogens is 514 g/mol. The van der Waals surface area contributed by atoms with Gasteiger partial charge in [-0.25, -0.2) is 9.78 Å². The molecule has 0 bridgehead atoms. The second kappa shape index (κ2) is 11.0. The van der Waals surface area contributed by atoms with Crippen LogP contribution >= 0.6 is 0 Å². The fraction of sp³-hybridized carbons (Fsp3) is 0.364. The van der Waals surface area contributed by atoms with E-state index in [4.69, 9.17) is 4.74 Å². The van der Waals surface area contributed by atoms with Crippen LogP contribution in [-0.2, 0) is 23.0 Å². The number of hydrogen-bond acceptors (Lipinski definition) is 4. The van der Waals surface area contributed by atoms with Crippen LogP contribution in [0.5, 0.6) is 0 Å². The fourth-order valence-electron chi connectivity index (χ4n) is 5.63. The standard InChI is InChI=1S/C33H39N5O3/c1-21-17-24(18-29-31(21)26(20-36(29)4)23(3)38(5,6)7)15-16-41-30(39)19-28(25-11-9-8-10-12-25)37-32-27(35-33(37)40)14-13-22(2)34-32/h8-14,17-18,20,23,28H,15-16,19H2,1-7H3/p+1. The van der Waals surface area contributed by atoms with Gasteiger partial charge in [0, 0.05) is 41.8 Å². The normalized spacial score (nSPS) is 13.5. The lowest BCUT2D eigenvalue weighted by atomic mass is 9.98. The van der Waals surface area contributed by atoms with E-state index in [0.29, 0.717) is 23.6 Å². The van der Waals surface area contributed by atoms with E-state index in [1.54, 1.807) is 4.57 Å². The molecule has 0 aliphatic heterocycles. The molecule has 8 nitrogen and oxygen atoms in total. The van der Waals surface area contributed by atoms with Gasteiger partial charge in [-0.1, -0.05) is 36.4 Å². The molecule has 0 amide bonds. The second-order valence-electron chi connectivity index (χ2n) is 12.0. The average Bonchev–Trinajstić information content (AvgIpc) is 3.42. The smallest absolute Gasteiger partial charge is 0.328 e. The Kier molecular flexibility index (Phi) is 7.62.